The average molecular weight is 413 g/mol. The van der Waals surface area contributed by atoms with Gasteiger partial charge in [0.2, 0.25) is 5.91 Å². The maximum Gasteiger partial charge on any atom is 0.226 e. The maximum atomic E-state index is 13.3. The molecule has 30 heavy (non-hydrogen) atoms. The van der Waals surface area contributed by atoms with Crippen LogP contribution in [0, 0.1) is 17.7 Å². The molecule has 1 N–H and O–H groups in total. The monoisotopic (exact) mass is 412 g/mol. The summed E-state index contributed by atoms with van der Waals surface area (Å²) in [6.07, 6.45) is 2.22. The van der Waals surface area contributed by atoms with Crippen molar-refractivity contribution in [1.29, 1.82) is 0 Å². The van der Waals surface area contributed by atoms with Crippen LogP contribution in [-0.4, -0.2) is 37.0 Å². The van der Waals surface area contributed by atoms with Crippen molar-refractivity contribution in [3.8, 4) is 5.75 Å². The number of amides is 1. The highest BCUT2D eigenvalue weighted by Crippen LogP contribution is 2.30. The van der Waals surface area contributed by atoms with Crippen LogP contribution in [0.5, 0.6) is 5.75 Å². The van der Waals surface area contributed by atoms with Gasteiger partial charge in [0.05, 0.1) is 6.61 Å². The molecule has 4 nitrogen and oxygen atoms in total. The number of rotatable bonds is 8. The van der Waals surface area contributed by atoms with Crippen LogP contribution in [0.3, 0.4) is 0 Å². The summed E-state index contributed by atoms with van der Waals surface area (Å²) in [5, 5.41) is 3.00. The lowest BCUT2D eigenvalue weighted by molar-refractivity contribution is -0.118. The Labute approximate surface area is 179 Å². The van der Waals surface area contributed by atoms with Gasteiger partial charge >= 0.3 is 0 Å². The van der Waals surface area contributed by atoms with Gasteiger partial charge in [-0.25, -0.2) is 4.39 Å². The van der Waals surface area contributed by atoms with E-state index in [0.29, 0.717) is 24.2 Å². The molecule has 2 aromatic carbocycles. The van der Waals surface area contributed by atoms with Crippen LogP contribution in [-0.2, 0) is 4.79 Å². The highest BCUT2D eigenvalue weighted by Gasteiger charge is 2.22. The van der Waals surface area contributed by atoms with Gasteiger partial charge in [0.25, 0.3) is 0 Å². The van der Waals surface area contributed by atoms with Crippen LogP contribution >= 0.6 is 0 Å². The van der Waals surface area contributed by atoms with Crippen molar-refractivity contribution < 1.29 is 13.9 Å². The summed E-state index contributed by atoms with van der Waals surface area (Å²) in [7, 11) is 0. The number of hydrogen-bond donors (Lipinski definition) is 1. The minimum absolute atomic E-state index is 0.0243. The van der Waals surface area contributed by atoms with Crippen LogP contribution in [0.25, 0.3) is 0 Å². The van der Waals surface area contributed by atoms with Gasteiger partial charge in [-0.2, -0.15) is 0 Å². The lowest BCUT2D eigenvalue weighted by Crippen LogP contribution is -2.37. The van der Waals surface area contributed by atoms with Gasteiger partial charge in [-0.05, 0) is 61.7 Å². The molecule has 3 rings (SSSR count). The Morgan fingerprint density at radius 3 is 2.57 bits per heavy atom. The molecular formula is C25H33FN2O2. The predicted octanol–water partition coefficient (Wildman–Crippen LogP) is 5.31. The molecule has 162 valence electrons. The van der Waals surface area contributed by atoms with Crippen LogP contribution < -0.4 is 10.1 Å². The molecule has 2 aromatic rings. The van der Waals surface area contributed by atoms with Crippen molar-refractivity contribution in [1.82, 2.24) is 4.90 Å². The van der Waals surface area contributed by atoms with Crippen molar-refractivity contribution in [2.24, 2.45) is 11.8 Å². The predicted molar refractivity (Wildman–Crippen MR) is 119 cm³/mol. The van der Waals surface area contributed by atoms with E-state index in [9.17, 15) is 9.18 Å². The second-order valence-electron chi connectivity index (χ2n) is 8.72. The second kappa shape index (κ2) is 10.6. The molecule has 1 saturated heterocycles. The van der Waals surface area contributed by atoms with Crippen molar-refractivity contribution in [2.75, 3.05) is 31.6 Å². The molecule has 1 atom stereocenters. The summed E-state index contributed by atoms with van der Waals surface area (Å²) in [4.78, 5) is 14.4. The number of hydrogen-bond acceptors (Lipinski definition) is 3. The molecule has 0 bridgehead atoms. The first-order valence-corrected chi connectivity index (χ1v) is 10.9. The minimum atomic E-state index is -0.268. The summed E-state index contributed by atoms with van der Waals surface area (Å²) >= 11 is 0. The van der Waals surface area contributed by atoms with Gasteiger partial charge in [-0.1, -0.05) is 39.0 Å². The third kappa shape index (κ3) is 6.56. The number of ether oxygens (including phenoxy) is 1. The Bertz CT molecular complexity index is 831. The molecule has 1 heterocycles. The molecule has 1 amide bonds. The minimum Gasteiger partial charge on any atom is -0.493 e. The zero-order chi connectivity index (χ0) is 21.5. The van der Waals surface area contributed by atoms with Gasteiger partial charge in [0, 0.05) is 30.1 Å². The zero-order valence-corrected chi connectivity index (χ0v) is 18.2. The lowest BCUT2D eigenvalue weighted by Gasteiger charge is -2.33. The molecule has 1 fully saturated rings. The fourth-order valence-electron chi connectivity index (χ4n) is 3.89. The van der Waals surface area contributed by atoms with E-state index in [4.69, 9.17) is 4.74 Å². The molecule has 0 aliphatic carbocycles. The average Bonchev–Trinajstić information content (AvgIpc) is 2.73. The first-order valence-electron chi connectivity index (χ1n) is 10.9. The molecule has 0 radical (unpaired) electrons. The number of anilines is 1. The van der Waals surface area contributed by atoms with E-state index in [1.165, 1.54) is 17.7 Å². The van der Waals surface area contributed by atoms with Crippen LogP contribution in [0.2, 0.25) is 0 Å². The molecule has 1 aliphatic heterocycles. The SMILES string of the molecule is CC(COc1cccc(F)c1)CN1CCC(c2cccc(NC(=O)C(C)C)c2)CC1. The van der Waals surface area contributed by atoms with Gasteiger partial charge in [-0.3, -0.25) is 4.79 Å². The third-order valence-electron chi connectivity index (χ3n) is 5.64. The summed E-state index contributed by atoms with van der Waals surface area (Å²) in [6, 6.07) is 14.6. The van der Waals surface area contributed by atoms with Gasteiger partial charge in [0.15, 0.2) is 0 Å². The highest BCUT2D eigenvalue weighted by atomic mass is 19.1. The van der Waals surface area contributed by atoms with Crippen molar-refractivity contribution in [2.45, 2.75) is 39.5 Å². The van der Waals surface area contributed by atoms with E-state index in [-0.39, 0.29) is 17.6 Å². The number of nitrogens with zero attached hydrogens (tertiary/aromatic N) is 1. The quantitative estimate of drug-likeness (QED) is 0.638. The second-order valence-corrected chi connectivity index (χ2v) is 8.72. The van der Waals surface area contributed by atoms with E-state index in [0.717, 1.165) is 38.2 Å². The lowest BCUT2D eigenvalue weighted by atomic mass is 9.89. The Hall–Kier alpha value is -2.40. The Kier molecular flexibility index (Phi) is 7.86. The largest absolute Gasteiger partial charge is 0.493 e. The van der Waals surface area contributed by atoms with E-state index in [1.54, 1.807) is 12.1 Å². The smallest absolute Gasteiger partial charge is 0.226 e. The summed E-state index contributed by atoms with van der Waals surface area (Å²) in [5.74, 6) is 1.25. The number of likely N-dealkylation sites (tertiary alicyclic amines) is 1. The molecule has 0 aromatic heterocycles. The van der Waals surface area contributed by atoms with Gasteiger partial charge < -0.3 is 15.0 Å². The molecule has 1 aliphatic rings. The third-order valence-corrected chi connectivity index (χ3v) is 5.64. The first-order chi connectivity index (χ1) is 14.4. The number of piperidine rings is 1. The van der Waals surface area contributed by atoms with Crippen LogP contribution in [0.4, 0.5) is 10.1 Å². The zero-order valence-electron chi connectivity index (χ0n) is 18.2. The van der Waals surface area contributed by atoms with Crippen LogP contribution in [0.15, 0.2) is 48.5 Å². The van der Waals surface area contributed by atoms with Crippen molar-refractivity contribution in [3.63, 3.8) is 0 Å². The summed E-state index contributed by atoms with van der Waals surface area (Å²) < 4.78 is 19.0. The molecule has 5 heteroatoms. The molecule has 0 saturated carbocycles. The number of halogens is 1. The van der Waals surface area contributed by atoms with Crippen molar-refractivity contribution >= 4 is 11.6 Å². The van der Waals surface area contributed by atoms with Gasteiger partial charge in [-0.15, -0.1) is 0 Å². The van der Waals surface area contributed by atoms with Gasteiger partial charge in [0.1, 0.15) is 11.6 Å². The highest BCUT2D eigenvalue weighted by molar-refractivity contribution is 5.92. The van der Waals surface area contributed by atoms with E-state index in [1.807, 2.05) is 26.0 Å². The van der Waals surface area contributed by atoms with E-state index >= 15 is 0 Å². The Balaban J connectivity index is 1.45. The van der Waals surface area contributed by atoms with Crippen molar-refractivity contribution in [3.05, 3.63) is 59.9 Å². The van der Waals surface area contributed by atoms with E-state index < -0.39 is 0 Å². The normalized spacial score (nSPS) is 16.4. The summed E-state index contributed by atoms with van der Waals surface area (Å²) in [6.45, 7) is 9.65. The Morgan fingerprint density at radius 1 is 1.13 bits per heavy atom. The van der Waals surface area contributed by atoms with Crippen LogP contribution in [0.1, 0.15) is 45.1 Å². The molecular weight excluding hydrogens is 379 g/mol. The topological polar surface area (TPSA) is 41.6 Å². The van der Waals surface area contributed by atoms with E-state index in [2.05, 4.69) is 29.3 Å². The molecule has 1 unspecified atom stereocenters. The first kappa shape index (κ1) is 22.3. The summed E-state index contributed by atoms with van der Waals surface area (Å²) in [5.41, 5.74) is 2.19. The fraction of sp³-hybridized carbons (Fsp3) is 0.480. The maximum absolute atomic E-state index is 13.3. The number of nitrogens with one attached hydrogen (secondary N) is 1. The Morgan fingerprint density at radius 2 is 1.87 bits per heavy atom. The number of benzene rings is 2. The number of carbonyl (C=O) groups excluding carboxylic acids is 1. The number of carbonyl (C=O) groups is 1. The molecule has 0 spiro atoms. The fourth-order valence-corrected chi connectivity index (χ4v) is 3.89. The standard InChI is InChI=1S/C25H33FN2O2/c1-18(2)25(29)27-23-8-4-6-21(14-23)20-10-12-28(13-11-20)16-19(3)17-30-24-9-5-7-22(26)15-24/h4-9,14-15,18-20H,10-13,16-17H2,1-3H3,(H,27,29).